The van der Waals surface area contributed by atoms with Crippen molar-refractivity contribution in [1.82, 2.24) is 4.90 Å². The molecule has 22 heavy (non-hydrogen) atoms. The molecule has 3 rings (SSSR count). The van der Waals surface area contributed by atoms with Crippen LogP contribution in [0, 0.1) is 5.92 Å². The van der Waals surface area contributed by atoms with Crippen LogP contribution in [-0.2, 0) is 16.1 Å². The zero-order valence-electron chi connectivity index (χ0n) is 12.2. The second-order valence-corrected chi connectivity index (χ2v) is 5.78. The second kappa shape index (κ2) is 5.23. The summed E-state index contributed by atoms with van der Waals surface area (Å²) in [7, 11) is 0. The number of rotatable bonds is 4. The normalized spacial score (nSPS) is 25.0. The predicted octanol–water partition coefficient (Wildman–Crippen LogP) is 0.552. The molecule has 1 saturated heterocycles. The van der Waals surface area contributed by atoms with Gasteiger partial charge in [0, 0.05) is 6.54 Å². The summed E-state index contributed by atoms with van der Waals surface area (Å²) in [5, 5.41) is 19.2. The number of carbonyl (C=O) groups is 2. The van der Waals surface area contributed by atoms with E-state index in [1.165, 1.54) is 4.90 Å². The molecule has 116 valence electrons. The molecule has 6 heteroatoms. The minimum Gasteiger partial charge on any atom is -0.477 e. The lowest BCUT2D eigenvalue weighted by atomic mass is 9.82. The van der Waals surface area contributed by atoms with Gasteiger partial charge in [0.25, 0.3) is 0 Å². The van der Waals surface area contributed by atoms with E-state index < -0.39 is 18.0 Å². The molecule has 2 aliphatic rings. The Kier molecular flexibility index (Phi) is 3.50. The molecule has 1 aromatic rings. The third-order valence-corrected chi connectivity index (χ3v) is 4.44. The minimum atomic E-state index is -1.12. The number of aliphatic hydroxyl groups is 1. The van der Waals surface area contributed by atoms with Gasteiger partial charge in [-0.3, -0.25) is 4.79 Å². The number of β-lactam (4-membered cyclic amide) rings is 1. The van der Waals surface area contributed by atoms with E-state index in [-0.39, 0.29) is 17.6 Å². The summed E-state index contributed by atoms with van der Waals surface area (Å²) >= 11 is 0. The van der Waals surface area contributed by atoms with Gasteiger partial charge in [-0.1, -0.05) is 24.3 Å². The lowest BCUT2D eigenvalue weighted by molar-refractivity contribution is -0.161. The Bertz CT molecular complexity index is 680. The molecule has 0 spiro atoms. The molecule has 0 aromatic heterocycles. The zero-order valence-corrected chi connectivity index (χ0v) is 12.2. The van der Waals surface area contributed by atoms with E-state index in [0.29, 0.717) is 18.5 Å². The van der Waals surface area contributed by atoms with Gasteiger partial charge in [-0.2, -0.15) is 0 Å². The Morgan fingerprint density at radius 3 is 2.82 bits per heavy atom. The van der Waals surface area contributed by atoms with Crippen molar-refractivity contribution < 1.29 is 19.8 Å². The molecule has 0 aliphatic carbocycles. The number of fused-ring (bicyclic) bond motifs is 1. The first-order valence-electron chi connectivity index (χ1n) is 7.22. The van der Waals surface area contributed by atoms with Gasteiger partial charge >= 0.3 is 5.97 Å². The highest BCUT2D eigenvalue weighted by Crippen LogP contribution is 2.46. The number of nitrogens with zero attached hydrogens (tertiary/aromatic N) is 1. The van der Waals surface area contributed by atoms with Crippen LogP contribution in [0.3, 0.4) is 0 Å². The number of carboxylic acids is 1. The monoisotopic (exact) mass is 302 g/mol. The van der Waals surface area contributed by atoms with Crippen LogP contribution in [0.4, 0.5) is 0 Å². The number of carbonyl (C=O) groups excluding carboxylic acids is 1. The van der Waals surface area contributed by atoms with Crippen molar-refractivity contribution >= 4 is 17.4 Å². The van der Waals surface area contributed by atoms with Crippen molar-refractivity contribution in [3.63, 3.8) is 0 Å². The highest BCUT2D eigenvalue weighted by Gasteiger charge is 2.56. The maximum atomic E-state index is 12.1. The van der Waals surface area contributed by atoms with E-state index in [2.05, 4.69) is 0 Å². The fourth-order valence-corrected chi connectivity index (χ4v) is 3.41. The fraction of sp³-hybridized carbons (Fsp3) is 0.375. The van der Waals surface area contributed by atoms with Gasteiger partial charge in [-0.15, -0.1) is 0 Å². The van der Waals surface area contributed by atoms with E-state index in [9.17, 15) is 19.8 Å². The van der Waals surface area contributed by atoms with Crippen molar-refractivity contribution in [2.24, 2.45) is 11.7 Å². The quantitative estimate of drug-likeness (QED) is 0.705. The summed E-state index contributed by atoms with van der Waals surface area (Å²) in [6, 6.07) is 7.11. The van der Waals surface area contributed by atoms with Crippen LogP contribution in [0.5, 0.6) is 0 Å². The molecule has 0 radical (unpaired) electrons. The lowest BCUT2D eigenvalue weighted by Crippen LogP contribution is -2.61. The Hall–Kier alpha value is -2.18. The average Bonchev–Trinajstić information content (AvgIpc) is 2.82. The van der Waals surface area contributed by atoms with Gasteiger partial charge < -0.3 is 20.8 Å². The number of aliphatic hydroxyl groups excluding tert-OH is 1. The molecule has 4 N–H and O–H groups in total. The van der Waals surface area contributed by atoms with E-state index in [0.717, 1.165) is 11.1 Å². The number of carboxylic acid groups (broad SMARTS) is 1. The first-order valence-corrected chi connectivity index (χ1v) is 7.22. The first kappa shape index (κ1) is 14.7. The zero-order chi connectivity index (χ0) is 16.0. The van der Waals surface area contributed by atoms with Crippen molar-refractivity contribution in [3.05, 3.63) is 41.1 Å². The van der Waals surface area contributed by atoms with Gasteiger partial charge in [0.05, 0.1) is 18.1 Å². The van der Waals surface area contributed by atoms with Crippen LogP contribution < -0.4 is 5.73 Å². The molecule has 0 saturated carbocycles. The van der Waals surface area contributed by atoms with Crippen LogP contribution in [0.25, 0.3) is 5.57 Å². The Morgan fingerprint density at radius 2 is 2.23 bits per heavy atom. The average molecular weight is 302 g/mol. The summed E-state index contributed by atoms with van der Waals surface area (Å²) < 4.78 is 0. The third kappa shape index (κ3) is 2.03. The second-order valence-electron chi connectivity index (χ2n) is 5.78. The van der Waals surface area contributed by atoms with Gasteiger partial charge in [-0.05, 0) is 30.0 Å². The van der Waals surface area contributed by atoms with E-state index in [1.807, 2.05) is 24.3 Å². The number of aliphatic carboxylic acids is 1. The van der Waals surface area contributed by atoms with Gasteiger partial charge in [0.2, 0.25) is 5.91 Å². The molecule has 2 heterocycles. The van der Waals surface area contributed by atoms with Gasteiger partial charge in [0.15, 0.2) is 0 Å². The van der Waals surface area contributed by atoms with E-state index >= 15 is 0 Å². The van der Waals surface area contributed by atoms with Crippen molar-refractivity contribution in [3.8, 4) is 0 Å². The molecule has 6 nitrogen and oxygen atoms in total. The number of hydrogen-bond donors (Lipinski definition) is 3. The molecule has 1 amide bonds. The molecule has 0 bridgehead atoms. The summed E-state index contributed by atoms with van der Waals surface area (Å²) in [6.07, 6.45) is -0.338. The Morgan fingerprint density at radius 1 is 1.50 bits per heavy atom. The molecular weight excluding hydrogens is 284 g/mol. The topological polar surface area (TPSA) is 104 Å². The smallest absolute Gasteiger partial charge is 0.352 e. The highest BCUT2D eigenvalue weighted by molar-refractivity contribution is 6.06. The SMILES string of the molecule is C[C@@H](O)[C@H]1C(=O)N2C(C(=O)O)=C(c3cccc(CN)c3)C[C@H]12. The van der Waals surface area contributed by atoms with Crippen LogP contribution >= 0.6 is 0 Å². The first-order chi connectivity index (χ1) is 10.5. The number of hydrogen-bond acceptors (Lipinski definition) is 4. The molecule has 1 fully saturated rings. The molecule has 1 aromatic carbocycles. The third-order valence-electron chi connectivity index (χ3n) is 4.44. The number of nitrogens with two attached hydrogens (primary N) is 1. The summed E-state index contributed by atoms with van der Waals surface area (Å²) in [5.41, 5.74) is 7.97. The summed E-state index contributed by atoms with van der Waals surface area (Å²) in [5.74, 6) is -1.96. The van der Waals surface area contributed by atoms with Gasteiger partial charge in [-0.25, -0.2) is 4.79 Å². The Balaban J connectivity index is 2.03. The summed E-state index contributed by atoms with van der Waals surface area (Å²) in [4.78, 5) is 25.1. The maximum absolute atomic E-state index is 12.1. The van der Waals surface area contributed by atoms with Crippen LogP contribution in [-0.4, -0.2) is 39.1 Å². The molecule has 3 atom stereocenters. The molecule has 0 unspecified atom stereocenters. The van der Waals surface area contributed by atoms with Crippen molar-refractivity contribution in [1.29, 1.82) is 0 Å². The maximum Gasteiger partial charge on any atom is 0.352 e. The fourth-order valence-electron chi connectivity index (χ4n) is 3.41. The van der Waals surface area contributed by atoms with Crippen LogP contribution in [0.1, 0.15) is 24.5 Å². The standard InChI is InChI=1S/C16H18N2O4/c1-8(19)13-12-6-11(10-4-2-3-9(5-10)7-17)14(16(21)22)18(12)15(13)20/h2-5,8,12-13,19H,6-7,17H2,1H3,(H,21,22)/t8-,12-,13-/m1/s1. The van der Waals surface area contributed by atoms with E-state index in [1.54, 1.807) is 6.92 Å². The van der Waals surface area contributed by atoms with E-state index in [4.69, 9.17) is 5.73 Å². The van der Waals surface area contributed by atoms with Crippen molar-refractivity contribution in [2.75, 3.05) is 0 Å². The van der Waals surface area contributed by atoms with Crippen LogP contribution in [0.15, 0.2) is 30.0 Å². The lowest BCUT2D eigenvalue weighted by Gasteiger charge is -2.44. The number of benzene rings is 1. The van der Waals surface area contributed by atoms with Crippen LogP contribution in [0.2, 0.25) is 0 Å². The summed E-state index contributed by atoms with van der Waals surface area (Å²) in [6.45, 7) is 1.93. The molecule has 2 aliphatic heterocycles. The largest absolute Gasteiger partial charge is 0.477 e. The Labute approximate surface area is 127 Å². The minimum absolute atomic E-state index is 0.0288. The predicted molar refractivity (Wildman–Crippen MR) is 79.3 cm³/mol. The highest BCUT2D eigenvalue weighted by atomic mass is 16.4. The number of amides is 1. The van der Waals surface area contributed by atoms with Crippen molar-refractivity contribution in [2.45, 2.75) is 32.0 Å². The van der Waals surface area contributed by atoms with Gasteiger partial charge in [0.1, 0.15) is 5.70 Å². The molecular formula is C16H18N2O4.